The number of sulfone groups is 1. The van der Waals surface area contributed by atoms with Gasteiger partial charge >= 0.3 is 0 Å². The van der Waals surface area contributed by atoms with Gasteiger partial charge in [-0.25, -0.2) is 44.0 Å². The predicted molar refractivity (Wildman–Crippen MR) is 222 cm³/mol. The molecule has 0 aliphatic heterocycles. The van der Waals surface area contributed by atoms with E-state index in [1.165, 1.54) is 36.9 Å². The molecule has 0 saturated heterocycles. The highest BCUT2D eigenvalue weighted by Crippen LogP contribution is 2.48. The van der Waals surface area contributed by atoms with Crippen molar-refractivity contribution in [2.75, 3.05) is 11.0 Å². The topological polar surface area (TPSA) is 141 Å². The van der Waals surface area contributed by atoms with E-state index in [9.17, 15) is 43.8 Å². The number of aryl methyl sites for hydroxylation is 1. The molecule has 0 spiro atoms. The van der Waals surface area contributed by atoms with Crippen LogP contribution in [0.3, 0.4) is 0 Å². The van der Waals surface area contributed by atoms with E-state index in [0.717, 1.165) is 12.1 Å². The first-order valence-corrected chi connectivity index (χ1v) is 23.0. The molecule has 5 aromatic rings. The Balaban J connectivity index is 1.41. The molecule has 2 aromatic carbocycles. The van der Waals surface area contributed by atoms with E-state index < -0.39 is 89.8 Å². The van der Waals surface area contributed by atoms with Crippen LogP contribution in [0.5, 0.6) is 0 Å². The minimum Gasteiger partial charge on any atom is -0.346 e. The van der Waals surface area contributed by atoms with Crippen molar-refractivity contribution in [3.63, 3.8) is 0 Å². The molecule has 0 radical (unpaired) electrons. The van der Waals surface area contributed by atoms with Crippen molar-refractivity contribution in [2.24, 2.45) is 7.05 Å². The van der Waals surface area contributed by atoms with Crippen LogP contribution in [0.25, 0.3) is 22.0 Å². The summed E-state index contributed by atoms with van der Waals surface area (Å²) in [5.41, 5.74) is -0.800. The van der Waals surface area contributed by atoms with Crippen LogP contribution in [0.1, 0.15) is 98.2 Å². The Morgan fingerprint density at radius 3 is 2.21 bits per heavy atom. The molecular weight excluding hydrogens is 868 g/mol. The fourth-order valence-corrected chi connectivity index (χ4v) is 9.93. The number of carbonyl (C=O) groups is 1. The molecule has 3 aromatic heterocycles. The van der Waals surface area contributed by atoms with Crippen molar-refractivity contribution >= 4 is 59.6 Å². The standard InChI is InChI=1S/C41H40ClF6N7O4S2/c1-41(2,61(58,59)26-9-10-26)15-14-25-8-11-27(28-12-13-29(42)33-36(28)54(3)52-40(33)53-60(4,5)57)34(49-25)30(18-21-16-23(43)19-24(44)17-21)50-31(56)20-55-37(39(47)48)32(22-6-7-22)35(51-55)38(45)46/h8,11-13,16-17,19,22,26,30,38-39H,4,6-7,9-10,18,20H2,1-3,5H3,(H,50,56)(H,52,53,57)/t30-,60?/m0/s1. The first-order valence-electron chi connectivity index (χ1n) is 19.0. The van der Waals surface area contributed by atoms with Crippen molar-refractivity contribution in [2.45, 2.75) is 87.3 Å². The third-order valence-corrected chi connectivity index (χ3v) is 14.2. The van der Waals surface area contributed by atoms with Crippen LogP contribution < -0.4 is 10.0 Å². The number of hydrogen-bond donors (Lipinski definition) is 2. The lowest BCUT2D eigenvalue weighted by atomic mass is 9.93. The predicted octanol–water partition coefficient (Wildman–Crippen LogP) is 8.00. The molecule has 2 fully saturated rings. The van der Waals surface area contributed by atoms with Crippen molar-refractivity contribution in [1.29, 1.82) is 0 Å². The number of alkyl halides is 4. The van der Waals surface area contributed by atoms with Gasteiger partial charge in [0.15, 0.2) is 15.7 Å². The second kappa shape index (κ2) is 16.3. The third kappa shape index (κ3) is 9.26. The Morgan fingerprint density at radius 1 is 0.967 bits per heavy atom. The molecule has 7 rings (SSSR count). The number of rotatable bonds is 14. The normalized spacial score (nSPS) is 16.1. The van der Waals surface area contributed by atoms with Gasteiger partial charge in [-0.3, -0.25) is 18.9 Å². The monoisotopic (exact) mass is 907 g/mol. The molecule has 2 aliphatic carbocycles. The van der Waals surface area contributed by atoms with Crippen LogP contribution in [0, 0.1) is 23.5 Å². The largest absolute Gasteiger partial charge is 0.346 e. The smallest absolute Gasteiger partial charge is 0.282 e. The summed E-state index contributed by atoms with van der Waals surface area (Å²) in [6.45, 7) is 2.01. The highest BCUT2D eigenvalue weighted by atomic mass is 35.5. The fraction of sp³-hybridized carbons (Fsp3) is 0.390. The van der Waals surface area contributed by atoms with E-state index in [2.05, 4.69) is 37.9 Å². The van der Waals surface area contributed by atoms with Crippen LogP contribution in [-0.2, 0) is 44.4 Å². The molecule has 2 aliphatic rings. The van der Waals surface area contributed by atoms with Crippen LogP contribution >= 0.6 is 11.6 Å². The van der Waals surface area contributed by atoms with Gasteiger partial charge < -0.3 is 5.32 Å². The summed E-state index contributed by atoms with van der Waals surface area (Å²) < 4.78 is 129. The molecule has 324 valence electrons. The zero-order valence-corrected chi connectivity index (χ0v) is 35.6. The summed E-state index contributed by atoms with van der Waals surface area (Å²) in [5, 5.41) is 11.0. The SMILES string of the molecule is C=S(C)(=O)Nc1nn(C)c2c(-c3ccc(C#CC(C)(C)S(=O)(=O)C4CC4)nc3[C@H](Cc3cc(F)cc(F)c3)NC(=O)Cn3nc(C(F)F)c(C4CC4)c3C(F)F)ccc(Cl)c12. The van der Waals surface area contributed by atoms with Crippen LogP contribution in [0.4, 0.5) is 32.2 Å². The third-order valence-electron chi connectivity index (χ3n) is 10.4. The van der Waals surface area contributed by atoms with E-state index >= 15 is 0 Å². The van der Waals surface area contributed by atoms with Gasteiger partial charge in [-0.05, 0) is 99.6 Å². The first-order chi connectivity index (χ1) is 28.5. The van der Waals surface area contributed by atoms with E-state index in [4.69, 9.17) is 16.6 Å². The Hall–Kier alpha value is -5.06. The van der Waals surface area contributed by atoms with E-state index in [-0.39, 0.29) is 45.3 Å². The van der Waals surface area contributed by atoms with Crippen LogP contribution in [0.2, 0.25) is 5.02 Å². The summed E-state index contributed by atoms with van der Waals surface area (Å²) in [4.78, 5) is 18.8. The van der Waals surface area contributed by atoms with Crippen molar-refractivity contribution in [1.82, 2.24) is 29.9 Å². The van der Waals surface area contributed by atoms with Gasteiger partial charge in [0.05, 0.1) is 32.9 Å². The lowest BCUT2D eigenvalue weighted by Crippen LogP contribution is -2.34. The number of fused-ring (bicyclic) bond motifs is 1. The van der Waals surface area contributed by atoms with Gasteiger partial charge in [0.1, 0.15) is 40.0 Å². The molecule has 1 amide bonds. The number of nitrogens with zero attached hydrogens (tertiary/aromatic N) is 5. The quantitative estimate of drug-likeness (QED) is 0.0654. The van der Waals surface area contributed by atoms with Crippen molar-refractivity contribution < 1.29 is 43.8 Å². The second-order valence-electron chi connectivity index (χ2n) is 15.9. The van der Waals surface area contributed by atoms with E-state index in [1.807, 2.05) is 0 Å². The molecule has 3 heterocycles. The molecule has 0 bridgehead atoms. The molecule has 2 N–H and O–H groups in total. The molecule has 2 atom stereocenters. The van der Waals surface area contributed by atoms with Crippen LogP contribution in [0.15, 0.2) is 42.5 Å². The van der Waals surface area contributed by atoms with Crippen molar-refractivity contribution in [3.05, 3.63) is 93.0 Å². The number of anilines is 1. The molecule has 61 heavy (non-hydrogen) atoms. The average Bonchev–Trinajstić information content (AvgIpc) is 4.09. The van der Waals surface area contributed by atoms with Gasteiger partial charge in [-0.15, -0.1) is 0 Å². The number of pyridine rings is 1. The van der Waals surface area contributed by atoms with Crippen molar-refractivity contribution in [3.8, 4) is 23.0 Å². The first kappa shape index (κ1) is 44.0. The van der Waals surface area contributed by atoms with Gasteiger partial charge in [0.25, 0.3) is 12.9 Å². The lowest BCUT2D eigenvalue weighted by molar-refractivity contribution is -0.122. The second-order valence-corrected chi connectivity index (χ2v) is 21.2. The van der Waals surface area contributed by atoms with E-state index in [1.54, 1.807) is 19.2 Å². The van der Waals surface area contributed by atoms with E-state index in [0.29, 0.717) is 52.9 Å². The van der Waals surface area contributed by atoms with Gasteiger partial charge in [-0.1, -0.05) is 23.6 Å². The number of aromatic nitrogens is 5. The summed E-state index contributed by atoms with van der Waals surface area (Å²) in [6, 6.07) is 7.58. The molecule has 1 unspecified atom stereocenters. The highest BCUT2D eigenvalue weighted by molar-refractivity contribution is 8.00. The number of amides is 1. The van der Waals surface area contributed by atoms with Gasteiger partial charge in [0, 0.05) is 45.8 Å². The fourth-order valence-electron chi connectivity index (χ4n) is 7.36. The number of carbonyl (C=O) groups excluding carboxylic acids is 1. The average molecular weight is 908 g/mol. The summed E-state index contributed by atoms with van der Waals surface area (Å²) >= 11 is 6.69. The lowest BCUT2D eigenvalue weighted by Gasteiger charge is -2.23. The van der Waals surface area contributed by atoms with Crippen LogP contribution in [-0.4, -0.2) is 65.2 Å². The number of nitrogens with one attached hydrogen (secondary N) is 2. The Bertz CT molecular complexity index is 2840. The molecule has 11 nitrogen and oxygen atoms in total. The Kier molecular flexibility index (Phi) is 11.8. The maximum atomic E-state index is 14.7. The Labute approximate surface area is 353 Å². The minimum absolute atomic E-state index is 0.0185. The number of halogens is 7. The maximum absolute atomic E-state index is 14.7. The maximum Gasteiger partial charge on any atom is 0.282 e. The summed E-state index contributed by atoms with van der Waals surface area (Å²) in [6.07, 6.45) is -3.60. The van der Waals surface area contributed by atoms with Gasteiger partial charge in [0.2, 0.25) is 5.91 Å². The molecule has 20 heteroatoms. The summed E-state index contributed by atoms with van der Waals surface area (Å²) in [7, 11) is -4.94. The number of benzene rings is 2. The zero-order valence-electron chi connectivity index (χ0n) is 33.2. The number of hydrogen-bond acceptors (Lipinski definition) is 7. The molecular formula is C41H40ClF6N7O4S2. The highest BCUT2D eigenvalue weighted by Gasteiger charge is 2.45. The van der Waals surface area contributed by atoms with Gasteiger partial charge in [-0.2, -0.15) is 10.2 Å². The zero-order chi connectivity index (χ0) is 44.3. The molecule has 2 saturated carbocycles. The Morgan fingerprint density at radius 2 is 1.62 bits per heavy atom. The minimum atomic E-state index is -3.66. The summed E-state index contributed by atoms with van der Waals surface area (Å²) in [5.74, 6) is 5.99.